The summed E-state index contributed by atoms with van der Waals surface area (Å²) in [5.74, 6) is -12.4. The fourth-order valence-corrected chi connectivity index (χ4v) is 7.46. The molecule has 0 aliphatic carbocycles. The van der Waals surface area contributed by atoms with Gasteiger partial charge in [-0.3, -0.25) is 57.9 Å². The molecule has 0 aromatic heterocycles. The van der Waals surface area contributed by atoms with Crippen LogP contribution in [0, 0.1) is 17.8 Å². The highest BCUT2D eigenvalue weighted by Crippen LogP contribution is 2.13. The van der Waals surface area contributed by atoms with Crippen molar-refractivity contribution in [1.82, 2.24) is 42.5 Å². The van der Waals surface area contributed by atoms with Crippen molar-refractivity contribution >= 4 is 77.0 Å². The van der Waals surface area contributed by atoms with E-state index >= 15 is 0 Å². The number of nitrogens with one attached hydrogen (secondary N) is 8. The number of nitrogens with two attached hydrogens (primary N) is 7. The summed E-state index contributed by atoms with van der Waals surface area (Å²) in [7, 11) is 0. The van der Waals surface area contributed by atoms with Gasteiger partial charge in [-0.1, -0.05) is 54.4 Å². The fraction of sp³-hybridized carbons (Fsp3) is 0.729. The number of carbonyl (C=O) groups excluding carboxylic acids is 9. The summed E-state index contributed by atoms with van der Waals surface area (Å²) in [4.78, 5) is 153. The maximum Gasteiger partial charge on any atom is 0.326 e. The molecule has 0 aromatic carbocycles. The number of guanidine groups is 2. The lowest BCUT2D eigenvalue weighted by Gasteiger charge is -2.29. The van der Waals surface area contributed by atoms with Gasteiger partial charge in [0.15, 0.2) is 11.9 Å². The number of unbranched alkanes of at least 4 members (excludes halogenated alkanes) is 1. The molecule has 9 amide bonds. The molecule has 0 aromatic rings. The molecule has 78 heavy (non-hydrogen) atoms. The van der Waals surface area contributed by atoms with Gasteiger partial charge in [0.25, 0.3) is 0 Å². The average molecular weight is 1110 g/mol. The highest BCUT2D eigenvalue weighted by atomic mass is 16.4. The third-order valence-corrected chi connectivity index (χ3v) is 12.2. The van der Waals surface area contributed by atoms with Crippen molar-refractivity contribution in [1.29, 1.82) is 0 Å². The van der Waals surface area contributed by atoms with Crippen molar-refractivity contribution in [3.63, 3.8) is 0 Å². The lowest BCUT2D eigenvalue weighted by Crippen LogP contribution is -2.61. The Morgan fingerprint density at radius 3 is 1.31 bits per heavy atom. The first-order valence-electron chi connectivity index (χ1n) is 26.2. The number of carbonyl (C=O) groups is 11. The Labute approximate surface area is 455 Å². The van der Waals surface area contributed by atoms with E-state index in [-0.39, 0.29) is 75.9 Å². The van der Waals surface area contributed by atoms with Crippen LogP contribution in [0.1, 0.15) is 132 Å². The summed E-state index contributed by atoms with van der Waals surface area (Å²) in [5.41, 5.74) is 38.9. The van der Waals surface area contributed by atoms with Crippen LogP contribution < -0.4 is 82.7 Å². The average Bonchev–Trinajstić information content (AvgIpc) is 3.34. The number of carboxylic acids is 2. The van der Waals surface area contributed by atoms with E-state index in [4.69, 9.17) is 40.1 Å². The van der Waals surface area contributed by atoms with E-state index in [1.54, 1.807) is 41.5 Å². The zero-order valence-corrected chi connectivity index (χ0v) is 46.1. The minimum atomic E-state index is -1.66. The standard InChI is InChI=1S/C48H89N17O13/c1-8-26(6)37(45(76)62-32(17-19-35(67)68)42(73)60-31(16-18-34(51)66)43(74)63-33(46(77)78)23-24(2)3)65-38(69)27(7)58-40(71)29(14-11-21-56-47(52)53)59-41(72)30(15-12-22-57-48(54)55)61-44(75)36(25(4)5)64-39(70)28(50)13-9-10-20-49/h24-33,36-37H,8-23,49-50H2,1-7H3,(H2,51,66)(H,58,71)(H,59,72)(H,60,73)(H,61,75)(H,62,76)(H,63,74)(H,64,70)(H,65,69)(H,67,68)(H,77,78)(H4,52,53,56)(H4,54,55,57)/t26-,27-,28-,29-,30-,31-,32-,33-,36-,37-/m0/s1. The van der Waals surface area contributed by atoms with Crippen molar-refractivity contribution in [3.05, 3.63) is 0 Å². The zero-order valence-electron chi connectivity index (χ0n) is 46.1. The minimum Gasteiger partial charge on any atom is -0.481 e. The molecule has 0 bridgehead atoms. The molecule has 0 rings (SSSR count). The van der Waals surface area contributed by atoms with Gasteiger partial charge in [-0.2, -0.15) is 0 Å². The topological polar surface area (TPSA) is 531 Å². The van der Waals surface area contributed by atoms with E-state index in [1.807, 2.05) is 0 Å². The predicted octanol–water partition coefficient (Wildman–Crippen LogP) is -4.59. The van der Waals surface area contributed by atoms with E-state index in [1.165, 1.54) is 6.92 Å². The van der Waals surface area contributed by atoms with Gasteiger partial charge in [-0.15, -0.1) is 0 Å². The van der Waals surface area contributed by atoms with Gasteiger partial charge >= 0.3 is 11.9 Å². The molecule has 0 aliphatic heterocycles. The van der Waals surface area contributed by atoms with Crippen molar-refractivity contribution in [3.8, 4) is 0 Å². The van der Waals surface area contributed by atoms with E-state index in [9.17, 15) is 63.0 Å². The number of hydrogen-bond donors (Lipinski definition) is 17. The predicted molar refractivity (Wildman–Crippen MR) is 289 cm³/mol. The summed E-state index contributed by atoms with van der Waals surface area (Å²) in [6.07, 6.45) is -0.0594. The first-order chi connectivity index (χ1) is 36.4. The van der Waals surface area contributed by atoms with Crippen LogP contribution in [0.4, 0.5) is 0 Å². The second-order valence-corrected chi connectivity index (χ2v) is 19.8. The molecule has 0 fully saturated rings. The number of rotatable bonds is 40. The molecular weight excluding hydrogens is 1020 g/mol. The van der Waals surface area contributed by atoms with Crippen LogP contribution in [-0.4, -0.2) is 161 Å². The van der Waals surface area contributed by atoms with E-state index in [0.29, 0.717) is 25.8 Å². The molecule has 0 radical (unpaired) electrons. The SMILES string of the molecule is CC[C@H](C)[C@H](NC(=O)[C@H](C)NC(=O)[C@H](CCCN=C(N)N)NC(=O)[C@H](CCCN=C(N)N)NC(=O)[C@@H](NC(=O)[C@@H](N)CCCCN)C(C)C)C(=O)N[C@@H](CCC(=O)O)C(=O)N[C@@H](CCC(N)=O)C(=O)N[C@@H](CC(C)C)C(=O)O. The normalized spacial score (nSPS) is 14.9. The molecule has 0 saturated carbocycles. The number of nitrogens with zero attached hydrogens (tertiary/aromatic N) is 2. The molecule has 10 atom stereocenters. The van der Waals surface area contributed by atoms with Crippen LogP contribution in [0.5, 0.6) is 0 Å². The number of hydrogen-bond acceptors (Lipinski definition) is 15. The largest absolute Gasteiger partial charge is 0.481 e. The van der Waals surface area contributed by atoms with E-state index in [2.05, 4.69) is 52.5 Å². The van der Waals surface area contributed by atoms with Crippen LogP contribution in [0.2, 0.25) is 0 Å². The Kier molecular flexibility index (Phi) is 33.9. The molecule has 0 saturated heterocycles. The van der Waals surface area contributed by atoms with Gasteiger partial charge in [0.05, 0.1) is 6.04 Å². The van der Waals surface area contributed by atoms with Gasteiger partial charge in [0.2, 0.25) is 53.2 Å². The monoisotopic (exact) mass is 1110 g/mol. The van der Waals surface area contributed by atoms with Crippen LogP contribution in [0.3, 0.4) is 0 Å². The van der Waals surface area contributed by atoms with Gasteiger partial charge in [0.1, 0.15) is 48.3 Å². The number of carboxylic acid groups (broad SMARTS) is 2. The van der Waals surface area contributed by atoms with Crippen LogP contribution >= 0.6 is 0 Å². The van der Waals surface area contributed by atoms with Gasteiger partial charge in [-0.25, -0.2) is 4.79 Å². The molecule has 0 heterocycles. The molecule has 30 nitrogen and oxygen atoms in total. The highest BCUT2D eigenvalue weighted by Gasteiger charge is 2.36. The molecule has 0 spiro atoms. The minimum absolute atomic E-state index is 0.0135. The number of aliphatic imine (C=N–C) groups is 2. The van der Waals surface area contributed by atoms with Gasteiger partial charge < -0.3 is 92.9 Å². The highest BCUT2D eigenvalue weighted by molar-refractivity contribution is 5.98. The summed E-state index contributed by atoms with van der Waals surface area (Å²) in [6, 6.07) is -12.2. The molecule has 24 N–H and O–H groups in total. The third-order valence-electron chi connectivity index (χ3n) is 12.2. The van der Waals surface area contributed by atoms with Crippen molar-refractivity contribution < 1.29 is 63.0 Å². The molecular formula is C48H89N17O13. The summed E-state index contributed by atoms with van der Waals surface area (Å²) in [6.45, 7) is 11.8. The van der Waals surface area contributed by atoms with Crippen LogP contribution in [0.25, 0.3) is 0 Å². The van der Waals surface area contributed by atoms with Gasteiger partial charge in [0, 0.05) is 25.9 Å². The lowest BCUT2D eigenvalue weighted by atomic mass is 9.97. The molecule has 444 valence electrons. The smallest absolute Gasteiger partial charge is 0.326 e. The summed E-state index contributed by atoms with van der Waals surface area (Å²) >= 11 is 0. The van der Waals surface area contributed by atoms with E-state index < -0.39 is 151 Å². The Balaban J connectivity index is 6.74. The fourth-order valence-electron chi connectivity index (χ4n) is 7.46. The number of amides is 9. The Morgan fingerprint density at radius 2 is 0.897 bits per heavy atom. The van der Waals surface area contributed by atoms with Crippen molar-refractivity contribution in [2.75, 3.05) is 19.6 Å². The van der Waals surface area contributed by atoms with Crippen molar-refractivity contribution in [2.24, 2.45) is 67.9 Å². The zero-order chi connectivity index (χ0) is 59.8. The molecule has 0 unspecified atom stereocenters. The number of aliphatic carboxylic acids is 2. The summed E-state index contributed by atoms with van der Waals surface area (Å²) < 4.78 is 0. The second kappa shape index (κ2) is 37.4. The van der Waals surface area contributed by atoms with Crippen LogP contribution in [0.15, 0.2) is 9.98 Å². The third kappa shape index (κ3) is 29.2. The maximum atomic E-state index is 14.1. The Morgan fingerprint density at radius 1 is 0.474 bits per heavy atom. The summed E-state index contributed by atoms with van der Waals surface area (Å²) in [5, 5.41) is 39.4. The Hall–Kier alpha value is -7.37. The molecule has 0 aliphatic rings. The Bertz CT molecular complexity index is 2070. The van der Waals surface area contributed by atoms with Gasteiger partial charge in [-0.05, 0) is 89.0 Å². The lowest BCUT2D eigenvalue weighted by molar-refractivity contribution is -0.143. The first kappa shape index (κ1) is 70.6. The maximum absolute atomic E-state index is 14.1. The second-order valence-electron chi connectivity index (χ2n) is 19.8. The van der Waals surface area contributed by atoms with E-state index in [0.717, 1.165) is 0 Å². The quantitative estimate of drug-likeness (QED) is 0.0156. The molecule has 30 heteroatoms. The number of primary amides is 1. The van der Waals surface area contributed by atoms with Crippen molar-refractivity contribution in [2.45, 2.75) is 186 Å². The first-order valence-corrected chi connectivity index (χ1v) is 26.2. The van der Waals surface area contributed by atoms with Crippen LogP contribution in [-0.2, 0) is 52.7 Å².